The number of thiazole rings is 1. The Morgan fingerprint density at radius 1 is 1.14 bits per heavy atom. The lowest BCUT2D eigenvalue weighted by Gasteiger charge is -2.14. The molecule has 0 unspecified atom stereocenters. The van der Waals surface area contributed by atoms with Crippen LogP contribution in [-0.4, -0.2) is 10.9 Å². The van der Waals surface area contributed by atoms with E-state index in [0.29, 0.717) is 10.7 Å². The maximum atomic E-state index is 12.4. The van der Waals surface area contributed by atoms with Crippen LogP contribution in [0.1, 0.15) is 36.8 Å². The molecule has 5 heteroatoms. The lowest BCUT2D eigenvalue weighted by Crippen LogP contribution is -2.14. The maximum Gasteiger partial charge on any atom is 0.258 e. The summed E-state index contributed by atoms with van der Waals surface area (Å²) in [6.07, 6.45) is 0. The van der Waals surface area contributed by atoms with Gasteiger partial charge in [-0.15, -0.1) is 22.7 Å². The van der Waals surface area contributed by atoms with Gasteiger partial charge >= 0.3 is 0 Å². The number of aromatic nitrogens is 1. The maximum absolute atomic E-state index is 12.4. The predicted octanol–water partition coefficient (Wildman–Crippen LogP) is 4.91. The summed E-state index contributed by atoms with van der Waals surface area (Å²) < 4.78 is 1.12. The summed E-state index contributed by atoms with van der Waals surface area (Å²) in [6, 6.07) is 7.94. The molecular formula is C16H16N2OS2. The standard InChI is InChI=1S/C16H16N2OS2/c1-16(2,3)13-9-21-15(17-13)18-14(19)11-8-20-12-7-5-4-6-10(11)12/h4-9H,1-3H3,(H,17,18,19). The fourth-order valence-corrected chi connectivity index (χ4v) is 3.87. The third-order valence-electron chi connectivity index (χ3n) is 3.22. The van der Waals surface area contributed by atoms with Gasteiger partial charge in [0, 0.05) is 26.3 Å². The molecule has 3 rings (SSSR count). The summed E-state index contributed by atoms with van der Waals surface area (Å²) in [5.41, 5.74) is 1.70. The van der Waals surface area contributed by atoms with Crippen molar-refractivity contribution in [3.8, 4) is 0 Å². The molecule has 0 spiro atoms. The normalized spacial score (nSPS) is 11.8. The molecule has 1 aromatic carbocycles. The molecule has 3 aromatic rings. The zero-order valence-electron chi connectivity index (χ0n) is 12.1. The number of nitrogens with one attached hydrogen (secondary N) is 1. The van der Waals surface area contributed by atoms with Crippen molar-refractivity contribution in [2.24, 2.45) is 0 Å². The van der Waals surface area contributed by atoms with Crippen molar-refractivity contribution in [1.29, 1.82) is 0 Å². The first kappa shape index (κ1) is 14.2. The monoisotopic (exact) mass is 316 g/mol. The molecule has 1 amide bonds. The van der Waals surface area contributed by atoms with Gasteiger partial charge in [0.05, 0.1) is 11.3 Å². The third-order valence-corrected chi connectivity index (χ3v) is 4.94. The molecule has 3 nitrogen and oxygen atoms in total. The van der Waals surface area contributed by atoms with Crippen LogP contribution >= 0.6 is 22.7 Å². The van der Waals surface area contributed by atoms with Crippen molar-refractivity contribution in [2.75, 3.05) is 5.32 Å². The van der Waals surface area contributed by atoms with Crippen molar-refractivity contribution in [1.82, 2.24) is 4.98 Å². The van der Waals surface area contributed by atoms with Gasteiger partial charge in [-0.1, -0.05) is 39.0 Å². The minimum atomic E-state index is -0.0951. The third kappa shape index (κ3) is 2.84. The van der Waals surface area contributed by atoms with Crippen LogP contribution in [0.25, 0.3) is 10.1 Å². The van der Waals surface area contributed by atoms with Crippen LogP contribution in [0.4, 0.5) is 5.13 Å². The Morgan fingerprint density at radius 2 is 1.90 bits per heavy atom. The quantitative estimate of drug-likeness (QED) is 0.730. The van der Waals surface area contributed by atoms with Crippen molar-refractivity contribution < 1.29 is 4.79 Å². The number of anilines is 1. The topological polar surface area (TPSA) is 42.0 Å². The van der Waals surface area contributed by atoms with Gasteiger partial charge in [-0.3, -0.25) is 10.1 Å². The lowest BCUT2D eigenvalue weighted by molar-refractivity contribution is 0.102. The van der Waals surface area contributed by atoms with Gasteiger partial charge in [0.15, 0.2) is 5.13 Å². The Kier molecular flexibility index (Phi) is 3.55. The van der Waals surface area contributed by atoms with E-state index in [1.165, 1.54) is 11.3 Å². The minimum absolute atomic E-state index is 0.00540. The first-order valence-corrected chi connectivity index (χ1v) is 8.44. The second-order valence-corrected chi connectivity index (χ2v) is 7.66. The molecule has 21 heavy (non-hydrogen) atoms. The van der Waals surface area contributed by atoms with Crippen LogP contribution in [0.3, 0.4) is 0 Å². The lowest BCUT2D eigenvalue weighted by atomic mass is 9.93. The second kappa shape index (κ2) is 5.24. The molecule has 0 aliphatic carbocycles. The van der Waals surface area contributed by atoms with Gasteiger partial charge in [0.25, 0.3) is 5.91 Å². The van der Waals surface area contributed by atoms with Gasteiger partial charge in [-0.2, -0.15) is 0 Å². The molecule has 0 aliphatic heterocycles. The van der Waals surface area contributed by atoms with E-state index in [1.54, 1.807) is 11.3 Å². The fourth-order valence-electron chi connectivity index (χ4n) is 1.99. The van der Waals surface area contributed by atoms with E-state index in [0.717, 1.165) is 15.8 Å². The second-order valence-electron chi connectivity index (χ2n) is 5.89. The zero-order chi connectivity index (χ0) is 15.0. The van der Waals surface area contributed by atoms with Crippen LogP contribution in [0.2, 0.25) is 0 Å². The number of benzene rings is 1. The summed E-state index contributed by atoms with van der Waals surface area (Å²) in [5.74, 6) is -0.0951. The van der Waals surface area contributed by atoms with Gasteiger partial charge in [0.2, 0.25) is 0 Å². The number of carbonyl (C=O) groups excluding carboxylic acids is 1. The first-order valence-electron chi connectivity index (χ1n) is 6.69. The predicted molar refractivity (Wildman–Crippen MR) is 90.6 cm³/mol. The Bertz CT molecular complexity index is 796. The average Bonchev–Trinajstić information content (AvgIpc) is 3.03. The number of thiophene rings is 1. The zero-order valence-corrected chi connectivity index (χ0v) is 13.8. The number of hydrogen-bond acceptors (Lipinski definition) is 4. The number of fused-ring (bicyclic) bond motifs is 1. The van der Waals surface area contributed by atoms with Crippen molar-refractivity contribution >= 4 is 43.8 Å². The Balaban J connectivity index is 1.85. The molecule has 108 valence electrons. The number of rotatable bonds is 2. The van der Waals surface area contributed by atoms with E-state index in [2.05, 4.69) is 31.1 Å². The van der Waals surface area contributed by atoms with Crippen molar-refractivity contribution in [3.63, 3.8) is 0 Å². The van der Waals surface area contributed by atoms with Crippen LogP contribution in [0, 0.1) is 0 Å². The first-order chi connectivity index (χ1) is 9.95. The average molecular weight is 316 g/mol. The van der Waals surface area contributed by atoms with E-state index in [4.69, 9.17) is 0 Å². The highest BCUT2D eigenvalue weighted by molar-refractivity contribution is 7.17. The van der Waals surface area contributed by atoms with Crippen LogP contribution in [-0.2, 0) is 5.41 Å². The van der Waals surface area contributed by atoms with E-state index in [-0.39, 0.29) is 11.3 Å². The SMILES string of the molecule is CC(C)(C)c1csc(NC(=O)c2csc3ccccc23)n1. The Morgan fingerprint density at radius 3 is 2.62 bits per heavy atom. The van der Waals surface area contributed by atoms with E-state index in [1.807, 2.05) is 35.0 Å². The van der Waals surface area contributed by atoms with Crippen molar-refractivity contribution in [2.45, 2.75) is 26.2 Å². The fraction of sp³-hybridized carbons (Fsp3) is 0.250. The number of amides is 1. The molecule has 0 aliphatic rings. The molecule has 1 N–H and O–H groups in total. The van der Waals surface area contributed by atoms with Crippen molar-refractivity contribution in [3.05, 3.63) is 46.3 Å². The molecule has 0 saturated heterocycles. The molecule has 0 bridgehead atoms. The number of nitrogens with zero attached hydrogens (tertiary/aromatic N) is 1. The number of hydrogen-bond donors (Lipinski definition) is 1. The largest absolute Gasteiger partial charge is 0.298 e. The van der Waals surface area contributed by atoms with Gasteiger partial charge in [-0.05, 0) is 6.07 Å². The van der Waals surface area contributed by atoms with E-state index >= 15 is 0 Å². The molecule has 2 heterocycles. The van der Waals surface area contributed by atoms with E-state index < -0.39 is 0 Å². The molecule has 0 radical (unpaired) electrons. The minimum Gasteiger partial charge on any atom is -0.298 e. The van der Waals surface area contributed by atoms with Crippen LogP contribution < -0.4 is 5.32 Å². The number of carbonyl (C=O) groups is 1. The summed E-state index contributed by atoms with van der Waals surface area (Å²) in [7, 11) is 0. The van der Waals surface area contributed by atoms with Gasteiger partial charge < -0.3 is 0 Å². The molecule has 0 atom stereocenters. The highest BCUT2D eigenvalue weighted by atomic mass is 32.1. The van der Waals surface area contributed by atoms with E-state index in [9.17, 15) is 4.79 Å². The van der Waals surface area contributed by atoms with Gasteiger partial charge in [-0.25, -0.2) is 4.98 Å². The Hall–Kier alpha value is -1.72. The Labute approximate surface area is 131 Å². The highest BCUT2D eigenvalue weighted by Crippen LogP contribution is 2.29. The molecular weight excluding hydrogens is 300 g/mol. The molecule has 0 saturated carbocycles. The summed E-state index contributed by atoms with van der Waals surface area (Å²) >= 11 is 3.05. The van der Waals surface area contributed by atoms with Crippen LogP contribution in [0.5, 0.6) is 0 Å². The molecule has 0 fully saturated rings. The summed E-state index contributed by atoms with van der Waals surface area (Å²) in [6.45, 7) is 6.33. The highest BCUT2D eigenvalue weighted by Gasteiger charge is 2.19. The van der Waals surface area contributed by atoms with Gasteiger partial charge in [0.1, 0.15) is 0 Å². The van der Waals surface area contributed by atoms with Crippen LogP contribution in [0.15, 0.2) is 35.0 Å². The molecule has 2 aromatic heterocycles. The summed E-state index contributed by atoms with van der Waals surface area (Å²) in [4.78, 5) is 16.9. The smallest absolute Gasteiger partial charge is 0.258 e. The summed E-state index contributed by atoms with van der Waals surface area (Å²) in [5, 5.41) is 8.45.